The number of rotatable bonds is 4. The van der Waals surface area contributed by atoms with Gasteiger partial charge in [0, 0.05) is 15.2 Å². The number of halogens is 2. The zero-order valence-electron chi connectivity index (χ0n) is 11.8. The number of hydrogen-bond donors (Lipinski definition) is 2. The third kappa shape index (κ3) is 3.91. The highest BCUT2D eigenvalue weighted by atomic mass is 79.9. The molecule has 0 radical (unpaired) electrons. The van der Waals surface area contributed by atoms with Gasteiger partial charge in [0.05, 0.1) is 0 Å². The van der Waals surface area contributed by atoms with Crippen LogP contribution in [0.5, 0.6) is 11.6 Å². The molecule has 1 aromatic heterocycles. The van der Waals surface area contributed by atoms with Crippen LogP contribution >= 0.6 is 27.5 Å². The number of nitrogens with one attached hydrogen (secondary N) is 1. The molecular weight excluding hydrogens is 380 g/mol. The van der Waals surface area contributed by atoms with E-state index in [1.165, 1.54) is 6.33 Å². The van der Waals surface area contributed by atoms with Gasteiger partial charge in [0.2, 0.25) is 5.88 Å². The molecule has 1 heterocycles. The van der Waals surface area contributed by atoms with Crippen molar-refractivity contribution in [1.29, 1.82) is 0 Å². The van der Waals surface area contributed by atoms with Crippen LogP contribution in [0, 0.1) is 0 Å². The largest absolute Gasteiger partial charge is 0.437 e. The summed E-state index contributed by atoms with van der Waals surface area (Å²) in [6.07, 6.45) is 1.39. The number of nitrogens with zero attached hydrogens (tertiary/aromatic N) is 2. The van der Waals surface area contributed by atoms with Gasteiger partial charge in [0.15, 0.2) is 5.82 Å². The van der Waals surface area contributed by atoms with Gasteiger partial charge in [-0.25, -0.2) is 4.98 Å². The maximum Gasteiger partial charge on any atom is 0.248 e. The summed E-state index contributed by atoms with van der Waals surface area (Å²) in [5, 5.41) is 3.72. The lowest BCUT2D eigenvalue weighted by Crippen LogP contribution is -2.03. The van der Waals surface area contributed by atoms with E-state index in [0.717, 1.165) is 10.2 Å². The summed E-state index contributed by atoms with van der Waals surface area (Å²) in [5.41, 5.74) is 7.18. The van der Waals surface area contributed by atoms with Gasteiger partial charge in [-0.2, -0.15) is 4.98 Å². The first-order valence-corrected chi connectivity index (χ1v) is 7.85. The van der Waals surface area contributed by atoms with Crippen molar-refractivity contribution in [2.75, 3.05) is 11.1 Å². The Balaban J connectivity index is 1.84. The second kappa shape index (κ2) is 6.85. The van der Waals surface area contributed by atoms with E-state index in [2.05, 4.69) is 31.2 Å². The number of anilines is 3. The highest BCUT2D eigenvalue weighted by Crippen LogP contribution is 2.31. The van der Waals surface area contributed by atoms with Crippen LogP contribution in [0.1, 0.15) is 0 Å². The lowest BCUT2D eigenvalue weighted by atomic mass is 10.3. The zero-order chi connectivity index (χ0) is 16.2. The summed E-state index contributed by atoms with van der Waals surface area (Å²) in [7, 11) is 0. The minimum Gasteiger partial charge on any atom is -0.437 e. The van der Waals surface area contributed by atoms with Crippen molar-refractivity contribution in [3.8, 4) is 11.6 Å². The molecule has 0 unspecified atom stereocenters. The molecule has 23 heavy (non-hydrogen) atoms. The van der Waals surface area contributed by atoms with Gasteiger partial charge in [-0.3, -0.25) is 0 Å². The molecule has 2 aromatic carbocycles. The van der Waals surface area contributed by atoms with Crippen LogP contribution < -0.4 is 15.8 Å². The molecule has 116 valence electrons. The van der Waals surface area contributed by atoms with E-state index in [4.69, 9.17) is 22.1 Å². The van der Waals surface area contributed by atoms with E-state index in [-0.39, 0.29) is 5.88 Å². The summed E-state index contributed by atoms with van der Waals surface area (Å²) in [6, 6.07) is 14.6. The number of benzene rings is 2. The summed E-state index contributed by atoms with van der Waals surface area (Å²) in [4.78, 5) is 8.22. The van der Waals surface area contributed by atoms with E-state index in [9.17, 15) is 0 Å². The number of hydrogen-bond acceptors (Lipinski definition) is 5. The average molecular weight is 392 g/mol. The van der Waals surface area contributed by atoms with Crippen molar-refractivity contribution in [3.05, 3.63) is 64.4 Å². The normalized spacial score (nSPS) is 10.3. The lowest BCUT2D eigenvalue weighted by Gasteiger charge is -2.12. The van der Waals surface area contributed by atoms with Gasteiger partial charge >= 0.3 is 0 Å². The fourth-order valence-electron chi connectivity index (χ4n) is 1.88. The molecule has 0 aliphatic carbocycles. The molecule has 0 spiro atoms. The summed E-state index contributed by atoms with van der Waals surface area (Å²) in [6.45, 7) is 0. The Morgan fingerprint density at radius 2 is 1.87 bits per heavy atom. The Labute approximate surface area is 146 Å². The predicted molar refractivity (Wildman–Crippen MR) is 95.4 cm³/mol. The molecular formula is C16H12BrClN4O. The van der Waals surface area contributed by atoms with Crippen LogP contribution in [0.3, 0.4) is 0 Å². The first-order valence-electron chi connectivity index (χ1n) is 6.68. The van der Waals surface area contributed by atoms with Crippen LogP contribution in [-0.4, -0.2) is 9.97 Å². The van der Waals surface area contributed by atoms with Crippen molar-refractivity contribution in [3.63, 3.8) is 0 Å². The molecule has 0 amide bonds. The van der Waals surface area contributed by atoms with Gasteiger partial charge in [-0.1, -0.05) is 33.6 Å². The monoisotopic (exact) mass is 390 g/mol. The summed E-state index contributed by atoms with van der Waals surface area (Å²) in [5.74, 6) is 1.37. The van der Waals surface area contributed by atoms with Crippen LogP contribution in [-0.2, 0) is 0 Å². The molecule has 3 rings (SSSR count). The second-order valence-corrected chi connectivity index (χ2v) is 5.98. The van der Waals surface area contributed by atoms with Crippen molar-refractivity contribution < 1.29 is 4.74 Å². The lowest BCUT2D eigenvalue weighted by molar-refractivity contribution is 0.464. The maximum absolute atomic E-state index is 6.09. The van der Waals surface area contributed by atoms with Crippen LogP contribution in [0.15, 0.2) is 59.3 Å². The van der Waals surface area contributed by atoms with Gasteiger partial charge in [0.25, 0.3) is 0 Å². The molecule has 0 bridgehead atoms. The fraction of sp³-hybridized carbons (Fsp3) is 0. The van der Waals surface area contributed by atoms with E-state index in [0.29, 0.717) is 22.3 Å². The topological polar surface area (TPSA) is 73.1 Å². The van der Waals surface area contributed by atoms with Crippen LogP contribution in [0.4, 0.5) is 17.2 Å². The van der Waals surface area contributed by atoms with E-state index in [1.54, 1.807) is 12.1 Å². The SMILES string of the molecule is Nc1c(Nc2cccc(Cl)c2)ncnc1Oc1ccc(Br)cc1. The molecule has 3 aromatic rings. The first-order chi connectivity index (χ1) is 11.1. The smallest absolute Gasteiger partial charge is 0.248 e. The van der Waals surface area contributed by atoms with Crippen molar-refractivity contribution in [2.45, 2.75) is 0 Å². The van der Waals surface area contributed by atoms with E-state index >= 15 is 0 Å². The molecule has 3 N–H and O–H groups in total. The summed E-state index contributed by atoms with van der Waals surface area (Å²) < 4.78 is 6.67. The van der Waals surface area contributed by atoms with Crippen LogP contribution in [0.2, 0.25) is 5.02 Å². The zero-order valence-corrected chi connectivity index (χ0v) is 14.2. The van der Waals surface area contributed by atoms with Gasteiger partial charge < -0.3 is 15.8 Å². The Morgan fingerprint density at radius 1 is 1.09 bits per heavy atom. The molecule has 0 atom stereocenters. The second-order valence-electron chi connectivity index (χ2n) is 4.63. The average Bonchev–Trinajstić information content (AvgIpc) is 2.53. The minimum atomic E-state index is 0.284. The van der Waals surface area contributed by atoms with Gasteiger partial charge in [-0.05, 0) is 42.5 Å². The van der Waals surface area contributed by atoms with Crippen molar-refractivity contribution in [2.24, 2.45) is 0 Å². The third-order valence-electron chi connectivity index (χ3n) is 2.96. The van der Waals surface area contributed by atoms with Crippen LogP contribution in [0.25, 0.3) is 0 Å². The third-order valence-corrected chi connectivity index (χ3v) is 3.73. The van der Waals surface area contributed by atoms with Crippen molar-refractivity contribution >= 4 is 44.7 Å². The number of ether oxygens (including phenoxy) is 1. The minimum absolute atomic E-state index is 0.284. The van der Waals surface area contributed by atoms with Crippen molar-refractivity contribution in [1.82, 2.24) is 9.97 Å². The maximum atomic E-state index is 6.09. The first kappa shape index (κ1) is 15.6. The number of aromatic nitrogens is 2. The van der Waals surface area contributed by atoms with E-state index < -0.39 is 0 Å². The number of nitrogen functional groups attached to an aromatic ring is 1. The standard InChI is InChI=1S/C16H12BrClN4O/c17-10-4-6-13(7-5-10)23-16-14(19)15(20-9-21-16)22-12-3-1-2-11(18)8-12/h1-9H,19H2,(H,20,21,22). The Hall–Kier alpha value is -2.31. The molecule has 0 aliphatic heterocycles. The molecule has 5 nitrogen and oxygen atoms in total. The number of nitrogens with two attached hydrogens (primary N) is 1. The molecule has 0 aliphatic rings. The highest BCUT2D eigenvalue weighted by molar-refractivity contribution is 9.10. The van der Waals surface area contributed by atoms with Gasteiger partial charge in [-0.15, -0.1) is 0 Å². The molecule has 7 heteroatoms. The predicted octanol–water partition coefficient (Wildman–Crippen LogP) is 5.01. The fourth-order valence-corrected chi connectivity index (χ4v) is 2.33. The Kier molecular flexibility index (Phi) is 4.64. The highest BCUT2D eigenvalue weighted by Gasteiger charge is 2.11. The van der Waals surface area contributed by atoms with Gasteiger partial charge in [0.1, 0.15) is 17.8 Å². The van der Waals surface area contributed by atoms with E-state index in [1.807, 2.05) is 36.4 Å². The Morgan fingerprint density at radius 3 is 2.61 bits per heavy atom. The molecule has 0 fully saturated rings. The Bertz CT molecular complexity index is 827. The summed E-state index contributed by atoms with van der Waals surface area (Å²) >= 11 is 9.34. The molecule has 0 saturated carbocycles. The quantitative estimate of drug-likeness (QED) is 0.654. The molecule has 0 saturated heterocycles.